The van der Waals surface area contributed by atoms with Gasteiger partial charge in [-0.15, -0.1) is 0 Å². The van der Waals surface area contributed by atoms with E-state index in [9.17, 15) is 14.9 Å². The third-order valence-electron chi connectivity index (χ3n) is 3.20. The number of rotatable bonds is 5. The summed E-state index contributed by atoms with van der Waals surface area (Å²) in [6.07, 6.45) is -0.472. The highest BCUT2D eigenvalue weighted by molar-refractivity contribution is 6.89. The van der Waals surface area contributed by atoms with Crippen molar-refractivity contribution in [2.24, 2.45) is 0 Å². The Kier molecular flexibility index (Phi) is 5.48. The van der Waals surface area contributed by atoms with Crippen molar-refractivity contribution in [3.05, 3.63) is 28.3 Å². The Labute approximate surface area is 125 Å². The minimum Gasteiger partial charge on any atom is -0.410 e. The van der Waals surface area contributed by atoms with Crippen LogP contribution in [0.25, 0.3) is 0 Å². The maximum Gasteiger partial charge on any atom is 0.415 e. The molecule has 0 bridgehead atoms. The Hall–Kier alpha value is -1.89. The number of hydrogen-bond donors (Lipinski definition) is 0. The van der Waals surface area contributed by atoms with Crippen molar-refractivity contribution in [3.63, 3.8) is 0 Å². The van der Waals surface area contributed by atoms with Crippen molar-refractivity contribution < 1.29 is 14.5 Å². The van der Waals surface area contributed by atoms with E-state index in [1.54, 1.807) is 6.07 Å². The summed E-state index contributed by atoms with van der Waals surface area (Å²) in [6, 6.07) is 4.51. The van der Waals surface area contributed by atoms with Gasteiger partial charge in [0.05, 0.1) is 19.1 Å². The summed E-state index contributed by atoms with van der Waals surface area (Å²) in [6.45, 7) is 11.1. The van der Waals surface area contributed by atoms with Crippen LogP contribution in [0.3, 0.4) is 0 Å². The lowest BCUT2D eigenvalue weighted by atomic mass is 10.3. The van der Waals surface area contributed by atoms with E-state index in [0.29, 0.717) is 18.8 Å². The van der Waals surface area contributed by atoms with Gasteiger partial charge in [0.15, 0.2) is 0 Å². The fourth-order valence-corrected chi connectivity index (χ4v) is 3.41. The second-order valence-electron chi connectivity index (χ2n) is 5.73. The molecule has 1 aromatic rings. The molecule has 1 rings (SSSR count). The number of carbonyl (C=O) groups is 1. The molecule has 0 aliphatic carbocycles. The molecule has 0 aliphatic rings. The van der Waals surface area contributed by atoms with Gasteiger partial charge < -0.3 is 9.64 Å². The molecule has 0 heterocycles. The third kappa shape index (κ3) is 4.29. The first kappa shape index (κ1) is 17.2. The highest BCUT2D eigenvalue weighted by Gasteiger charge is 2.25. The molecule has 1 aromatic carbocycles. The zero-order chi connectivity index (χ0) is 16.2. The molecule has 0 spiro atoms. The van der Waals surface area contributed by atoms with Gasteiger partial charge in [0.25, 0.3) is 5.69 Å². The Morgan fingerprint density at radius 1 is 1.29 bits per heavy atom. The zero-order valence-electron chi connectivity index (χ0n) is 13.2. The van der Waals surface area contributed by atoms with Crippen LogP contribution in [0.15, 0.2) is 18.2 Å². The van der Waals surface area contributed by atoms with Gasteiger partial charge in [-0.1, -0.05) is 25.7 Å². The molecule has 0 saturated carbocycles. The average molecular weight is 310 g/mol. The quantitative estimate of drug-likeness (QED) is 0.476. The molecule has 1 amide bonds. The number of hydrogen-bond acceptors (Lipinski definition) is 4. The van der Waals surface area contributed by atoms with Gasteiger partial charge in [-0.2, -0.15) is 0 Å². The summed E-state index contributed by atoms with van der Waals surface area (Å²) in [7, 11) is -1.78. The van der Waals surface area contributed by atoms with Crippen LogP contribution in [0.4, 0.5) is 10.5 Å². The first-order valence-corrected chi connectivity index (χ1v) is 10.5. The lowest BCUT2D eigenvalue weighted by molar-refractivity contribution is -0.384. The number of benzene rings is 1. The first-order chi connectivity index (χ1) is 9.70. The summed E-state index contributed by atoms with van der Waals surface area (Å²) < 4.78 is 5.42. The molecule has 0 radical (unpaired) electrons. The van der Waals surface area contributed by atoms with E-state index in [0.717, 1.165) is 5.19 Å². The van der Waals surface area contributed by atoms with Crippen LogP contribution in [0, 0.1) is 10.1 Å². The molecule has 0 saturated heterocycles. The van der Waals surface area contributed by atoms with E-state index in [1.165, 1.54) is 17.0 Å². The van der Waals surface area contributed by atoms with Gasteiger partial charge in [0, 0.05) is 19.2 Å². The normalized spacial score (nSPS) is 11.1. The number of nitro groups is 1. The van der Waals surface area contributed by atoms with Crippen molar-refractivity contribution in [2.75, 3.05) is 13.1 Å². The van der Waals surface area contributed by atoms with Gasteiger partial charge >= 0.3 is 6.09 Å². The van der Waals surface area contributed by atoms with Crippen LogP contribution in [0.1, 0.15) is 13.8 Å². The molecule has 0 N–H and O–H groups in total. The number of carbonyl (C=O) groups excluding carboxylic acids is 1. The third-order valence-corrected chi connectivity index (χ3v) is 5.23. The fraction of sp³-hybridized carbons (Fsp3) is 0.500. The van der Waals surface area contributed by atoms with E-state index < -0.39 is 19.1 Å². The maximum atomic E-state index is 12.1. The Morgan fingerprint density at radius 2 is 1.86 bits per heavy atom. The lowest BCUT2D eigenvalue weighted by Gasteiger charge is -2.23. The largest absolute Gasteiger partial charge is 0.415 e. The fourth-order valence-electron chi connectivity index (χ4n) is 1.97. The van der Waals surface area contributed by atoms with Crippen LogP contribution in [-0.2, 0) is 0 Å². The maximum absolute atomic E-state index is 12.1. The monoisotopic (exact) mass is 310 g/mol. The van der Waals surface area contributed by atoms with E-state index in [2.05, 4.69) is 19.6 Å². The summed E-state index contributed by atoms with van der Waals surface area (Å²) in [5, 5.41) is 11.8. The summed E-state index contributed by atoms with van der Waals surface area (Å²) in [5.41, 5.74) is -0.0700. The van der Waals surface area contributed by atoms with Crippen molar-refractivity contribution in [2.45, 2.75) is 33.5 Å². The van der Waals surface area contributed by atoms with Crippen molar-refractivity contribution >= 4 is 25.0 Å². The second-order valence-corrected chi connectivity index (χ2v) is 10.8. The molecule has 116 valence electrons. The van der Waals surface area contributed by atoms with Crippen LogP contribution in [-0.4, -0.2) is 37.1 Å². The highest BCUT2D eigenvalue weighted by atomic mass is 28.3. The molecule has 0 fully saturated rings. The molecular weight excluding hydrogens is 288 g/mol. The predicted octanol–water partition coefficient (Wildman–Crippen LogP) is 2.98. The number of nitro benzene ring substituents is 1. The summed E-state index contributed by atoms with van der Waals surface area (Å²) in [5.74, 6) is 0.306. The average Bonchev–Trinajstić information content (AvgIpc) is 2.38. The molecule has 21 heavy (non-hydrogen) atoms. The number of ether oxygens (including phenoxy) is 1. The van der Waals surface area contributed by atoms with Crippen LogP contribution >= 0.6 is 0 Å². The second kappa shape index (κ2) is 6.71. The molecule has 0 aliphatic heterocycles. The smallest absolute Gasteiger partial charge is 0.410 e. The van der Waals surface area contributed by atoms with Crippen molar-refractivity contribution in [1.29, 1.82) is 0 Å². The summed E-state index contributed by atoms with van der Waals surface area (Å²) in [4.78, 5) is 24.0. The molecule has 0 aromatic heterocycles. The highest BCUT2D eigenvalue weighted by Crippen LogP contribution is 2.22. The SMILES string of the molecule is CCN(CC)C(=O)Oc1cc([N+](=O)[O-])ccc1[Si](C)(C)C. The van der Waals surface area contributed by atoms with Crippen molar-refractivity contribution in [1.82, 2.24) is 4.90 Å². The van der Waals surface area contributed by atoms with Crippen molar-refractivity contribution in [3.8, 4) is 5.75 Å². The number of non-ortho nitro benzene ring substituents is 1. The van der Waals surface area contributed by atoms with Crippen LogP contribution in [0.5, 0.6) is 5.75 Å². The van der Waals surface area contributed by atoms with E-state index in [-0.39, 0.29) is 5.69 Å². The number of amides is 1. The lowest BCUT2D eigenvalue weighted by Crippen LogP contribution is -2.41. The Balaban J connectivity index is 3.21. The molecular formula is C14H22N2O4Si. The van der Waals surface area contributed by atoms with Crippen LogP contribution in [0.2, 0.25) is 19.6 Å². The van der Waals surface area contributed by atoms with E-state index >= 15 is 0 Å². The minimum atomic E-state index is -1.78. The number of nitrogens with zero attached hydrogens (tertiary/aromatic N) is 2. The molecule has 7 heteroatoms. The first-order valence-electron chi connectivity index (χ1n) is 6.96. The molecule has 0 atom stereocenters. The minimum absolute atomic E-state index is 0.0700. The van der Waals surface area contributed by atoms with Gasteiger partial charge in [-0.25, -0.2) is 4.79 Å². The van der Waals surface area contributed by atoms with Gasteiger partial charge in [-0.3, -0.25) is 10.1 Å². The molecule has 6 nitrogen and oxygen atoms in total. The van der Waals surface area contributed by atoms with Gasteiger partial charge in [0.2, 0.25) is 0 Å². The van der Waals surface area contributed by atoms with Gasteiger partial charge in [-0.05, 0) is 19.0 Å². The van der Waals surface area contributed by atoms with Crippen LogP contribution < -0.4 is 9.92 Å². The Bertz CT molecular complexity index is 536. The predicted molar refractivity (Wildman–Crippen MR) is 85.0 cm³/mol. The zero-order valence-corrected chi connectivity index (χ0v) is 14.2. The topological polar surface area (TPSA) is 72.7 Å². The van der Waals surface area contributed by atoms with E-state index in [4.69, 9.17) is 4.74 Å². The molecule has 0 unspecified atom stereocenters. The standard InChI is InChI=1S/C14H22N2O4Si/c1-6-15(7-2)14(17)20-12-10-11(16(18)19)8-9-13(12)21(3,4)5/h8-10H,6-7H2,1-5H3. The van der Waals surface area contributed by atoms with Gasteiger partial charge in [0.1, 0.15) is 5.75 Å². The summed E-state index contributed by atoms with van der Waals surface area (Å²) >= 11 is 0. The van der Waals surface area contributed by atoms with E-state index in [1.807, 2.05) is 13.8 Å². The Morgan fingerprint density at radius 3 is 2.29 bits per heavy atom.